The van der Waals surface area contributed by atoms with Gasteiger partial charge in [-0.1, -0.05) is 46.6 Å². The third kappa shape index (κ3) is 6.26. The van der Waals surface area contributed by atoms with Gasteiger partial charge in [-0.05, 0) is 47.5 Å². The molecule has 8 heteroatoms. The van der Waals surface area contributed by atoms with Crippen molar-refractivity contribution in [3.63, 3.8) is 0 Å². The highest BCUT2D eigenvalue weighted by atomic mass is 35.5. The standard InChI is InChI=1S/C23H18Cl2F2N2O2/c1-31-29-18(11-15-4-8-19(24)20(25)12-15)10-14-2-5-16(6-3-14)23(30)28-22-9-7-17(26)13-21(22)27/h2-9,12-13H,10-11H2,1H3,(H,28,30). The fourth-order valence-corrected chi connectivity index (χ4v) is 3.26. The zero-order valence-corrected chi connectivity index (χ0v) is 18.0. The van der Waals surface area contributed by atoms with E-state index in [1.54, 1.807) is 36.4 Å². The molecule has 0 bridgehead atoms. The average molecular weight is 463 g/mol. The van der Waals surface area contributed by atoms with Crippen molar-refractivity contribution < 1.29 is 18.4 Å². The van der Waals surface area contributed by atoms with Crippen LogP contribution in [-0.4, -0.2) is 18.7 Å². The highest BCUT2D eigenvalue weighted by Gasteiger charge is 2.11. The van der Waals surface area contributed by atoms with Gasteiger partial charge in [0.15, 0.2) is 0 Å². The fourth-order valence-electron chi connectivity index (χ4n) is 2.94. The molecule has 0 fully saturated rings. The normalized spacial score (nSPS) is 11.3. The highest BCUT2D eigenvalue weighted by Crippen LogP contribution is 2.23. The molecule has 0 radical (unpaired) electrons. The molecule has 3 rings (SSSR count). The third-order valence-electron chi connectivity index (χ3n) is 4.42. The molecule has 0 aliphatic heterocycles. The van der Waals surface area contributed by atoms with E-state index in [1.807, 2.05) is 6.07 Å². The number of hydrogen-bond donors (Lipinski definition) is 1. The Morgan fingerprint density at radius 2 is 1.61 bits per heavy atom. The van der Waals surface area contributed by atoms with Crippen LogP contribution in [0.25, 0.3) is 0 Å². The van der Waals surface area contributed by atoms with Crippen molar-refractivity contribution in [2.75, 3.05) is 12.4 Å². The third-order valence-corrected chi connectivity index (χ3v) is 5.16. The smallest absolute Gasteiger partial charge is 0.255 e. The van der Waals surface area contributed by atoms with Crippen LogP contribution in [0.4, 0.5) is 14.5 Å². The summed E-state index contributed by atoms with van der Waals surface area (Å²) in [6.45, 7) is 0. The van der Waals surface area contributed by atoms with E-state index in [2.05, 4.69) is 10.5 Å². The molecule has 1 N–H and O–H groups in total. The largest absolute Gasteiger partial charge is 0.399 e. The van der Waals surface area contributed by atoms with Crippen LogP contribution in [0, 0.1) is 11.6 Å². The number of nitrogens with one attached hydrogen (secondary N) is 1. The molecule has 3 aromatic rings. The van der Waals surface area contributed by atoms with Gasteiger partial charge in [0.1, 0.15) is 18.7 Å². The Kier molecular flexibility index (Phi) is 7.60. The summed E-state index contributed by atoms with van der Waals surface area (Å²) in [5.41, 5.74) is 2.84. The Bertz CT molecular complexity index is 1120. The Balaban J connectivity index is 1.68. The molecule has 3 aromatic carbocycles. The number of nitrogens with zero attached hydrogens (tertiary/aromatic N) is 1. The molecule has 0 aromatic heterocycles. The molecule has 0 spiro atoms. The monoisotopic (exact) mass is 462 g/mol. The number of oxime groups is 1. The van der Waals surface area contributed by atoms with Gasteiger partial charge >= 0.3 is 0 Å². The van der Waals surface area contributed by atoms with E-state index in [1.165, 1.54) is 13.2 Å². The predicted octanol–water partition coefficient (Wildman–Crippen LogP) is 6.31. The minimum atomic E-state index is -0.840. The first-order valence-electron chi connectivity index (χ1n) is 9.24. The number of anilines is 1. The van der Waals surface area contributed by atoms with Crippen LogP contribution in [0.3, 0.4) is 0 Å². The van der Waals surface area contributed by atoms with Gasteiger partial charge in [0.25, 0.3) is 5.91 Å². The number of carbonyl (C=O) groups excluding carboxylic acids is 1. The SMILES string of the molecule is CON=C(Cc1ccc(C(=O)Nc2ccc(F)cc2F)cc1)Cc1ccc(Cl)c(Cl)c1. The maximum absolute atomic E-state index is 13.7. The van der Waals surface area contributed by atoms with Crippen LogP contribution in [0.5, 0.6) is 0 Å². The second-order valence-electron chi connectivity index (χ2n) is 6.72. The van der Waals surface area contributed by atoms with Gasteiger partial charge in [-0.15, -0.1) is 0 Å². The Labute approximate surface area is 188 Å². The molecule has 0 aliphatic carbocycles. The Hall–Kier alpha value is -2.96. The minimum Gasteiger partial charge on any atom is -0.399 e. The first-order chi connectivity index (χ1) is 14.9. The maximum Gasteiger partial charge on any atom is 0.255 e. The lowest BCUT2D eigenvalue weighted by molar-refractivity contribution is 0.102. The van der Waals surface area contributed by atoms with Crippen molar-refractivity contribution in [3.8, 4) is 0 Å². The average Bonchev–Trinajstić information content (AvgIpc) is 2.73. The number of hydrogen-bond acceptors (Lipinski definition) is 3. The summed E-state index contributed by atoms with van der Waals surface area (Å²) in [6.07, 6.45) is 0.999. The van der Waals surface area contributed by atoms with E-state index in [9.17, 15) is 13.6 Å². The summed E-state index contributed by atoms with van der Waals surface area (Å²) in [7, 11) is 1.47. The van der Waals surface area contributed by atoms with Crippen molar-refractivity contribution in [2.24, 2.45) is 5.16 Å². The molecule has 0 unspecified atom stereocenters. The number of carbonyl (C=O) groups is 1. The predicted molar refractivity (Wildman–Crippen MR) is 119 cm³/mol. The molecular formula is C23H18Cl2F2N2O2. The first-order valence-corrected chi connectivity index (χ1v) is 9.99. The lowest BCUT2D eigenvalue weighted by Gasteiger charge is -2.09. The number of amides is 1. The van der Waals surface area contributed by atoms with E-state index in [4.69, 9.17) is 28.0 Å². The van der Waals surface area contributed by atoms with E-state index < -0.39 is 17.5 Å². The van der Waals surface area contributed by atoms with Crippen molar-refractivity contribution >= 4 is 40.5 Å². The molecular weight excluding hydrogens is 445 g/mol. The van der Waals surface area contributed by atoms with Gasteiger partial charge in [-0.3, -0.25) is 4.79 Å². The number of rotatable bonds is 7. The van der Waals surface area contributed by atoms with Gasteiger partial charge in [0, 0.05) is 24.5 Å². The fraction of sp³-hybridized carbons (Fsp3) is 0.130. The minimum absolute atomic E-state index is 0.0911. The maximum atomic E-state index is 13.7. The van der Waals surface area contributed by atoms with E-state index in [-0.39, 0.29) is 5.69 Å². The van der Waals surface area contributed by atoms with Crippen molar-refractivity contribution in [1.29, 1.82) is 0 Å². The number of benzene rings is 3. The van der Waals surface area contributed by atoms with Crippen LogP contribution >= 0.6 is 23.2 Å². The molecule has 31 heavy (non-hydrogen) atoms. The second-order valence-corrected chi connectivity index (χ2v) is 7.53. The highest BCUT2D eigenvalue weighted by molar-refractivity contribution is 6.42. The molecule has 160 valence electrons. The van der Waals surface area contributed by atoms with Gasteiger partial charge in [-0.2, -0.15) is 0 Å². The summed E-state index contributed by atoms with van der Waals surface area (Å²) in [5, 5.41) is 7.45. The van der Waals surface area contributed by atoms with Gasteiger partial charge in [-0.25, -0.2) is 8.78 Å². The molecule has 4 nitrogen and oxygen atoms in total. The molecule has 0 aliphatic rings. The lowest BCUT2D eigenvalue weighted by Crippen LogP contribution is -2.13. The van der Waals surface area contributed by atoms with Crippen LogP contribution in [0.1, 0.15) is 21.5 Å². The van der Waals surface area contributed by atoms with E-state index in [0.29, 0.717) is 34.5 Å². The van der Waals surface area contributed by atoms with Crippen LogP contribution < -0.4 is 5.32 Å². The Morgan fingerprint density at radius 3 is 2.26 bits per heavy atom. The first kappa shape index (κ1) is 22.7. The Morgan fingerprint density at radius 1 is 0.935 bits per heavy atom. The molecule has 1 amide bonds. The van der Waals surface area contributed by atoms with E-state index in [0.717, 1.165) is 22.9 Å². The van der Waals surface area contributed by atoms with Crippen molar-refractivity contribution in [3.05, 3.63) is 99.0 Å². The molecule has 0 saturated heterocycles. The summed E-state index contributed by atoms with van der Waals surface area (Å²) in [6, 6.07) is 15.1. The molecule has 0 heterocycles. The summed E-state index contributed by atoms with van der Waals surface area (Å²) < 4.78 is 26.7. The van der Waals surface area contributed by atoms with Crippen molar-refractivity contribution in [1.82, 2.24) is 0 Å². The van der Waals surface area contributed by atoms with Crippen LogP contribution in [0.2, 0.25) is 10.0 Å². The van der Waals surface area contributed by atoms with Gasteiger partial charge < -0.3 is 10.2 Å². The number of halogens is 4. The summed E-state index contributed by atoms with van der Waals surface area (Å²) in [4.78, 5) is 17.3. The topological polar surface area (TPSA) is 50.7 Å². The van der Waals surface area contributed by atoms with Crippen LogP contribution in [0.15, 0.2) is 65.8 Å². The quantitative estimate of drug-likeness (QED) is 0.330. The zero-order chi connectivity index (χ0) is 22.4. The molecule has 0 saturated carbocycles. The van der Waals surface area contributed by atoms with Crippen molar-refractivity contribution in [2.45, 2.75) is 12.8 Å². The van der Waals surface area contributed by atoms with Gasteiger partial charge in [0.05, 0.1) is 21.4 Å². The molecule has 0 atom stereocenters. The summed E-state index contributed by atoms with van der Waals surface area (Å²) in [5.74, 6) is -2.06. The van der Waals surface area contributed by atoms with E-state index >= 15 is 0 Å². The lowest BCUT2D eigenvalue weighted by atomic mass is 10.0. The van der Waals surface area contributed by atoms with Gasteiger partial charge in [0.2, 0.25) is 0 Å². The van der Waals surface area contributed by atoms with Crippen LogP contribution in [-0.2, 0) is 17.7 Å². The zero-order valence-electron chi connectivity index (χ0n) is 16.5. The summed E-state index contributed by atoms with van der Waals surface area (Å²) >= 11 is 12.0. The second kappa shape index (κ2) is 10.4.